The summed E-state index contributed by atoms with van der Waals surface area (Å²) in [5, 5.41) is 1.38. The lowest BCUT2D eigenvalue weighted by Gasteiger charge is -2.21. The van der Waals surface area contributed by atoms with Crippen molar-refractivity contribution >= 4 is 33.7 Å². The Morgan fingerprint density at radius 1 is 1.25 bits per heavy atom. The van der Waals surface area contributed by atoms with Gasteiger partial charge in [0, 0.05) is 29.3 Å². The molecule has 0 saturated heterocycles. The number of cyclic esters (lactones) is 1. The van der Waals surface area contributed by atoms with Crippen molar-refractivity contribution in [2.45, 2.75) is 44.9 Å². The number of rotatable bonds is 3. The standard InChI is InChI=1S/C25H24FN7O3/c1-11-4-17(27)16-7-25(11,16)21-19-15-5-13(26)6-18-20(15)33(10-35-24(34)32(18)3)22(19)31-23(30-21)36-14-8-28-12(2)29-9-14/h5-6,8-9,11,16-17H,4,7,10,27H2,1-3H3/t11-,16-,17-,25?/m1/s1. The summed E-state index contributed by atoms with van der Waals surface area (Å²) in [6.45, 7) is 3.91. The highest BCUT2D eigenvalue weighted by Crippen LogP contribution is 2.67. The third-order valence-electron chi connectivity index (χ3n) is 8.16. The SMILES string of the molecule is Cc1ncc(Oc2nc(C34C[C@@H]3[C@H](N)C[C@H]4C)c3c4cc(F)cc5c4n(c3n2)COC(=O)N5C)cn1. The Hall–Kier alpha value is -3.86. The Balaban J connectivity index is 1.55. The van der Waals surface area contributed by atoms with Gasteiger partial charge in [0.1, 0.15) is 11.6 Å². The van der Waals surface area contributed by atoms with Crippen LogP contribution in [0.15, 0.2) is 24.5 Å². The maximum absolute atomic E-state index is 14.9. The zero-order valence-corrected chi connectivity index (χ0v) is 20.0. The monoisotopic (exact) mass is 489 g/mol. The van der Waals surface area contributed by atoms with Crippen LogP contribution in [0.1, 0.15) is 31.3 Å². The number of amides is 1. The number of nitrogens with zero attached hydrogens (tertiary/aromatic N) is 6. The van der Waals surface area contributed by atoms with E-state index in [1.807, 2.05) is 0 Å². The third kappa shape index (κ3) is 2.77. The lowest BCUT2D eigenvalue weighted by molar-refractivity contribution is 0.128. The van der Waals surface area contributed by atoms with Crippen molar-refractivity contribution in [2.24, 2.45) is 17.6 Å². The molecule has 11 heteroatoms. The van der Waals surface area contributed by atoms with Crippen LogP contribution in [0.5, 0.6) is 11.8 Å². The van der Waals surface area contributed by atoms with Crippen molar-refractivity contribution in [3.63, 3.8) is 0 Å². The highest BCUT2D eigenvalue weighted by atomic mass is 19.1. The molecule has 4 aromatic rings. The first-order valence-electron chi connectivity index (χ1n) is 11.9. The Morgan fingerprint density at radius 3 is 2.72 bits per heavy atom. The van der Waals surface area contributed by atoms with Crippen LogP contribution in [0.25, 0.3) is 21.9 Å². The lowest BCUT2D eigenvalue weighted by atomic mass is 9.86. The van der Waals surface area contributed by atoms with Gasteiger partial charge < -0.3 is 15.2 Å². The van der Waals surface area contributed by atoms with Gasteiger partial charge in [-0.15, -0.1) is 0 Å². The fourth-order valence-corrected chi connectivity index (χ4v) is 6.35. The number of hydrogen-bond acceptors (Lipinski definition) is 8. The van der Waals surface area contributed by atoms with E-state index in [9.17, 15) is 9.18 Å². The zero-order chi connectivity index (χ0) is 24.9. The largest absolute Gasteiger partial charge is 0.427 e. The van der Waals surface area contributed by atoms with Gasteiger partial charge >= 0.3 is 12.1 Å². The van der Waals surface area contributed by atoms with Gasteiger partial charge in [-0.05, 0) is 43.7 Å². The van der Waals surface area contributed by atoms with Crippen LogP contribution in [0, 0.1) is 24.6 Å². The van der Waals surface area contributed by atoms with E-state index in [0.29, 0.717) is 33.8 Å². The van der Waals surface area contributed by atoms with E-state index < -0.39 is 11.9 Å². The number of aryl methyl sites for hydroxylation is 1. The molecule has 1 amide bonds. The molecule has 3 aliphatic rings. The van der Waals surface area contributed by atoms with Gasteiger partial charge in [-0.1, -0.05) is 6.92 Å². The minimum absolute atomic E-state index is 0.0726. The van der Waals surface area contributed by atoms with Gasteiger partial charge in [-0.2, -0.15) is 9.97 Å². The van der Waals surface area contributed by atoms with Gasteiger partial charge in [0.25, 0.3) is 0 Å². The third-order valence-corrected chi connectivity index (χ3v) is 8.16. The van der Waals surface area contributed by atoms with E-state index in [4.69, 9.17) is 25.2 Å². The van der Waals surface area contributed by atoms with Crippen LogP contribution >= 0.6 is 0 Å². The summed E-state index contributed by atoms with van der Waals surface area (Å²) >= 11 is 0. The molecule has 0 bridgehead atoms. The summed E-state index contributed by atoms with van der Waals surface area (Å²) in [5.74, 6) is 1.12. The Bertz CT molecular complexity index is 1580. The molecule has 4 heterocycles. The number of nitrogens with two attached hydrogens (primary N) is 1. The predicted octanol–water partition coefficient (Wildman–Crippen LogP) is 3.78. The van der Waals surface area contributed by atoms with E-state index in [-0.39, 0.29) is 36.0 Å². The predicted molar refractivity (Wildman–Crippen MR) is 128 cm³/mol. The zero-order valence-electron chi connectivity index (χ0n) is 20.0. The molecule has 10 nitrogen and oxygen atoms in total. The van der Waals surface area contributed by atoms with E-state index in [2.05, 4.69) is 16.9 Å². The van der Waals surface area contributed by atoms with Crippen LogP contribution < -0.4 is 15.4 Å². The second-order valence-corrected chi connectivity index (χ2v) is 10.1. The maximum Gasteiger partial charge on any atom is 0.415 e. The molecular formula is C25H24FN7O3. The Kier molecular flexibility index (Phi) is 4.22. The minimum atomic E-state index is -0.572. The van der Waals surface area contributed by atoms with Crippen LogP contribution in [-0.4, -0.2) is 43.7 Å². The summed E-state index contributed by atoms with van der Waals surface area (Å²) in [7, 11) is 1.57. The fourth-order valence-electron chi connectivity index (χ4n) is 6.35. The van der Waals surface area contributed by atoms with Crippen molar-refractivity contribution in [3.8, 4) is 11.8 Å². The molecule has 3 aromatic heterocycles. The quantitative estimate of drug-likeness (QED) is 0.461. The molecule has 2 fully saturated rings. The average molecular weight is 490 g/mol. The molecule has 0 radical (unpaired) electrons. The average Bonchev–Trinajstić information content (AvgIpc) is 3.50. The van der Waals surface area contributed by atoms with E-state index in [0.717, 1.165) is 23.9 Å². The first-order chi connectivity index (χ1) is 17.3. The normalized spacial score (nSPS) is 26.8. The summed E-state index contributed by atoms with van der Waals surface area (Å²) in [6.07, 6.45) is 4.35. The van der Waals surface area contributed by atoms with Crippen molar-refractivity contribution in [1.29, 1.82) is 0 Å². The summed E-state index contributed by atoms with van der Waals surface area (Å²) in [4.78, 5) is 31.9. The highest BCUT2D eigenvalue weighted by molar-refractivity contribution is 6.14. The smallest absolute Gasteiger partial charge is 0.415 e. The fraction of sp³-hybridized carbons (Fsp3) is 0.400. The van der Waals surface area contributed by atoms with Gasteiger partial charge in [0.05, 0.1) is 29.3 Å². The molecule has 36 heavy (non-hydrogen) atoms. The number of benzene rings is 1. The number of anilines is 1. The Morgan fingerprint density at radius 2 is 2.03 bits per heavy atom. The summed E-state index contributed by atoms with van der Waals surface area (Å²) in [5.41, 5.74) is 8.63. The van der Waals surface area contributed by atoms with Crippen LogP contribution in [-0.2, 0) is 16.9 Å². The van der Waals surface area contributed by atoms with E-state index in [1.165, 1.54) is 17.0 Å². The van der Waals surface area contributed by atoms with Crippen LogP contribution in [0.4, 0.5) is 14.9 Å². The van der Waals surface area contributed by atoms with Crippen LogP contribution in [0.3, 0.4) is 0 Å². The van der Waals surface area contributed by atoms with Crippen LogP contribution in [0.2, 0.25) is 0 Å². The number of carbonyl (C=O) groups is 1. The lowest BCUT2D eigenvalue weighted by Crippen LogP contribution is -2.25. The maximum atomic E-state index is 14.9. The number of ether oxygens (including phenoxy) is 2. The highest BCUT2D eigenvalue weighted by Gasteiger charge is 2.67. The topological polar surface area (TPSA) is 121 Å². The first kappa shape index (κ1) is 21.4. The minimum Gasteiger partial charge on any atom is -0.427 e. The van der Waals surface area contributed by atoms with Crippen molar-refractivity contribution in [3.05, 3.63) is 41.9 Å². The molecular weight excluding hydrogens is 465 g/mol. The molecule has 4 atom stereocenters. The van der Waals surface area contributed by atoms with Crippen molar-refractivity contribution in [2.75, 3.05) is 11.9 Å². The number of hydrogen-bond donors (Lipinski definition) is 1. The second-order valence-electron chi connectivity index (χ2n) is 10.1. The first-order valence-corrected chi connectivity index (χ1v) is 11.9. The van der Waals surface area contributed by atoms with Gasteiger partial charge in [-0.25, -0.2) is 19.2 Å². The molecule has 7 rings (SSSR count). The second kappa shape index (κ2) is 7.10. The molecule has 2 aliphatic carbocycles. The molecule has 0 spiro atoms. The molecule has 2 N–H and O–H groups in total. The molecule has 1 unspecified atom stereocenters. The number of halogens is 1. The molecule has 2 saturated carbocycles. The molecule has 1 aliphatic heterocycles. The van der Waals surface area contributed by atoms with E-state index in [1.54, 1.807) is 30.9 Å². The van der Waals surface area contributed by atoms with Gasteiger partial charge in [0.15, 0.2) is 18.1 Å². The Labute approximate surface area is 205 Å². The number of fused-ring (bicyclic) bond motifs is 4. The summed E-state index contributed by atoms with van der Waals surface area (Å²) in [6, 6.07) is 3.02. The van der Waals surface area contributed by atoms with E-state index >= 15 is 0 Å². The van der Waals surface area contributed by atoms with Crippen molar-refractivity contribution < 1.29 is 18.7 Å². The van der Waals surface area contributed by atoms with Gasteiger partial charge in [-0.3, -0.25) is 9.47 Å². The molecule has 184 valence electrons. The summed E-state index contributed by atoms with van der Waals surface area (Å²) < 4.78 is 28.2. The van der Waals surface area contributed by atoms with Gasteiger partial charge in [0.2, 0.25) is 0 Å². The van der Waals surface area contributed by atoms with Crippen molar-refractivity contribution in [1.82, 2.24) is 24.5 Å². The molecule has 1 aromatic carbocycles. The number of aromatic nitrogens is 5. The number of carbonyl (C=O) groups excluding carboxylic acids is 1.